The van der Waals surface area contributed by atoms with Gasteiger partial charge in [-0.3, -0.25) is 0 Å². The molecule has 0 fully saturated rings. The number of phenolic OH excluding ortho intramolecular Hbond substituents is 1. The maximum absolute atomic E-state index is 11.2. The minimum absolute atomic E-state index is 0.104. The quantitative estimate of drug-likeness (QED) is 0.584. The van der Waals surface area contributed by atoms with Gasteiger partial charge in [-0.15, -0.1) is 0 Å². The maximum Gasteiger partial charge on any atom is 0.396 e. The number of rotatable bonds is 0. The Bertz CT molecular complexity index is 757. The van der Waals surface area contributed by atoms with Gasteiger partial charge >= 0.3 is 4.94 Å². The van der Waals surface area contributed by atoms with Crippen LogP contribution in [0.3, 0.4) is 0 Å². The molecule has 0 aliphatic heterocycles. The van der Waals surface area contributed by atoms with Crippen molar-refractivity contribution >= 4 is 38.1 Å². The third-order valence-corrected chi connectivity index (χ3v) is 3.24. The Morgan fingerprint density at radius 2 is 2.19 bits per heavy atom. The molecule has 0 aliphatic rings. The Morgan fingerprint density at radius 3 is 3.00 bits per heavy atom. The van der Waals surface area contributed by atoms with E-state index in [2.05, 4.69) is 0 Å². The Hall–Kier alpha value is -2.01. The van der Waals surface area contributed by atoms with E-state index in [9.17, 15) is 9.90 Å². The van der Waals surface area contributed by atoms with E-state index in [0.717, 1.165) is 11.3 Å². The van der Waals surface area contributed by atoms with E-state index in [0.29, 0.717) is 26.7 Å². The fourth-order valence-corrected chi connectivity index (χ4v) is 2.51. The van der Waals surface area contributed by atoms with E-state index >= 15 is 0 Å². The molecule has 0 saturated heterocycles. The van der Waals surface area contributed by atoms with E-state index in [1.54, 1.807) is 18.2 Å². The number of benzene rings is 2. The highest BCUT2D eigenvalue weighted by atomic mass is 32.1. The Labute approximate surface area is 93.5 Å². The molecule has 2 aromatic carbocycles. The molecule has 1 heterocycles. The highest BCUT2D eigenvalue weighted by molar-refractivity contribution is 7.16. The molecule has 0 spiro atoms. The lowest BCUT2D eigenvalue weighted by Gasteiger charge is -2.03. The van der Waals surface area contributed by atoms with Gasteiger partial charge in [0.05, 0.1) is 10.1 Å². The summed E-state index contributed by atoms with van der Waals surface area (Å²) in [5.74, 6) is 0.104. The fraction of sp³-hybridized carbons (Fsp3) is 0. The van der Waals surface area contributed by atoms with Crippen molar-refractivity contribution < 1.29 is 9.52 Å². The predicted molar refractivity (Wildman–Crippen MR) is 63.9 cm³/mol. The molecule has 0 radical (unpaired) electrons. The molecule has 3 rings (SSSR count). The van der Waals surface area contributed by atoms with Gasteiger partial charge < -0.3 is 15.3 Å². The third-order valence-electron chi connectivity index (χ3n) is 2.47. The van der Waals surface area contributed by atoms with E-state index in [4.69, 9.17) is 10.2 Å². The van der Waals surface area contributed by atoms with Crippen LogP contribution >= 0.6 is 11.3 Å². The van der Waals surface area contributed by atoms with Gasteiger partial charge in [0.1, 0.15) is 5.75 Å². The molecule has 0 bridgehead atoms. The number of anilines is 1. The van der Waals surface area contributed by atoms with Crippen LogP contribution in [-0.2, 0) is 0 Å². The monoisotopic (exact) mass is 233 g/mol. The summed E-state index contributed by atoms with van der Waals surface area (Å²) in [7, 11) is 0. The molecular formula is C11H7NO3S. The van der Waals surface area contributed by atoms with Gasteiger partial charge in [0.2, 0.25) is 0 Å². The number of phenols is 1. The summed E-state index contributed by atoms with van der Waals surface area (Å²) < 4.78 is 5.69. The van der Waals surface area contributed by atoms with Gasteiger partial charge in [0, 0.05) is 17.1 Å². The lowest BCUT2D eigenvalue weighted by atomic mass is 10.1. The first-order valence-corrected chi connectivity index (χ1v) is 5.42. The van der Waals surface area contributed by atoms with Gasteiger partial charge in [-0.05, 0) is 6.07 Å². The van der Waals surface area contributed by atoms with Crippen molar-refractivity contribution in [2.75, 3.05) is 5.73 Å². The molecule has 1 aromatic heterocycles. The standard InChI is InChI=1S/C11H7NO3S/c12-6-3-1-2-5-7(13)4-8-10(9(5)6)15-11(14)16-8/h1-4,13H,12H2. The average molecular weight is 233 g/mol. The molecule has 4 nitrogen and oxygen atoms in total. The number of hydrogen-bond donors (Lipinski definition) is 2. The number of fused-ring (bicyclic) bond motifs is 3. The van der Waals surface area contributed by atoms with Crippen LogP contribution in [0.1, 0.15) is 0 Å². The van der Waals surface area contributed by atoms with Gasteiger partial charge in [-0.2, -0.15) is 0 Å². The smallest absolute Gasteiger partial charge is 0.396 e. The highest BCUT2D eigenvalue weighted by Crippen LogP contribution is 2.36. The Morgan fingerprint density at radius 1 is 1.38 bits per heavy atom. The molecule has 0 unspecified atom stereocenters. The van der Waals surface area contributed by atoms with Crippen molar-refractivity contribution in [3.8, 4) is 5.75 Å². The molecule has 3 N–H and O–H groups in total. The summed E-state index contributed by atoms with van der Waals surface area (Å²) >= 11 is 0.952. The second-order valence-electron chi connectivity index (χ2n) is 3.45. The van der Waals surface area contributed by atoms with Crippen LogP contribution in [0, 0.1) is 0 Å². The van der Waals surface area contributed by atoms with E-state index in [-0.39, 0.29) is 5.75 Å². The van der Waals surface area contributed by atoms with Gasteiger partial charge in [0.25, 0.3) is 0 Å². The summed E-state index contributed by atoms with van der Waals surface area (Å²) in [4.78, 5) is 10.8. The molecule has 80 valence electrons. The van der Waals surface area contributed by atoms with E-state index in [1.807, 2.05) is 0 Å². The second-order valence-corrected chi connectivity index (χ2v) is 4.42. The van der Waals surface area contributed by atoms with Crippen molar-refractivity contribution in [2.24, 2.45) is 0 Å². The first kappa shape index (κ1) is 9.23. The molecular weight excluding hydrogens is 226 g/mol. The topological polar surface area (TPSA) is 76.5 Å². The zero-order valence-electron chi connectivity index (χ0n) is 8.06. The lowest BCUT2D eigenvalue weighted by molar-refractivity contribution is 0.482. The molecule has 0 aliphatic carbocycles. The Kier molecular flexibility index (Phi) is 1.73. The number of hydrogen-bond acceptors (Lipinski definition) is 5. The zero-order valence-corrected chi connectivity index (χ0v) is 8.88. The number of aromatic hydroxyl groups is 1. The van der Waals surface area contributed by atoms with Gasteiger partial charge in [0.15, 0.2) is 5.58 Å². The summed E-state index contributed by atoms with van der Waals surface area (Å²) in [5, 5.41) is 11.0. The van der Waals surface area contributed by atoms with E-state index < -0.39 is 4.94 Å². The van der Waals surface area contributed by atoms with Crippen LogP contribution in [0.4, 0.5) is 5.69 Å². The molecule has 3 aromatic rings. The summed E-state index contributed by atoms with van der Waals surface area (Å²) in [6.45, 7) is 0. The van der Waals surface area contributed by atoms with E-state index in [1.165, 1.54) is 6.07 Å². The lowest BCUT2D eigenvalue weighted by Crippen LogP contribution is -1.87. The van der Waals surface area contributed by atoms with Crippen LogP contribution in [0.25, 0.3) is 21.1 Å². The van der Waals surface area contributed by atoms with Crippen LogP contribution < -0.4 is 10.7 Å². The predicted octanol–water partition coefficient (Wildman–Crippen LogP) is 2.30. The SMILES string of the molecule is Nc1cccc2c(O)cc3sc(=O)oc3c12. The highest BCUT2D eigenvalue weighted by Gasteiger charge is 2.12. The van der Waals surface area contributed by atoms with Gasteiger partial charge in [-0.1, -0.05) is 23.5 Å². The summed E-state index contributed by atoms with van der Waals surface area (Å²) in [5.41, 5.74) is 6.76. The third kappa shape index (κ3) is 1.12. The van der Waals surface area contributed by atoms with Crippen LogP contribution in [0.5, 0.6) is 5.75 Å². The Balaban J connectivity index is 2.71. The average Bonchev–Trinajstić information content (AvgIpc) is 2.59. The van der Waals surface area contributed by atoms with Crippen LogP contribution in [0.2, 0.25) is 0 Å². The molecule has 0 atom stereocenters. The van der Waals surface area contributed by atoms with Crippen molar-refractivity contribution in [2.45, 2.75) is 0 Å². The maximum atomic E-state index is 11.2. The second kappa shape index (κ2) is 2.99. The minimum Gasteiger partial charge on any atom is -0.507 e. The minimum atomic E-state index is -0.398. The van der Waals surface area contributed by atoms with Crippen molar-refractivity contribution in [3.63, 3.8) is 0 Å². The molecule has 0 saturated carbocycles. The van der Waals surface area contributed by atoms with Crippen molar-refractivity contribution in [1.82, 2.24) is 0 Å². The number of nitrogen functional groups attached to an aromatic ring is 1. The molecule has 16 heavy (non-hydrogen) atoms. The summed E-state index contributed by atoms with van der Waals surface area (Å²) in [6, 6.07) is 6.71. The first-order valence-electron chi connectivity index (χ1n) is 4.60. The number of nitrogens with two attached hydrogens (primary N) is 1. The summed E-state index contributed by atoms with van der Waals surface area (Å²) in [6.07, 6.45) is 0. The molecule has 0 amide bonds. The molecule has 5 heteroatoms. The fourth-order valence-electron chi connectivity index (χ4n) is 1.80. The van der Waals surface area contributed by atoms with Crippen LogP contribution in [0.15, 0.2) is 33.5 Å². The largest absolute Gasteiger partial charge is 0.507 e. The van der Waals surface area contributed by atoms with Crippen LogP contribution in [-0.4, -0.2) is 5.11 Å². The zero-order chi connectivity index (χ0) is 11.3. The van der Waals surface area contributed by atoms with Crippen molar-refractivity contribution in [3.05, 3.63) is 34.0 Å². The first-order chi connectivity index (χ1) is 7.66. The van der Waals surface area contributed by atoms with Crippen molar-refractivity contribution in [1.29, 1.82) is 0 Å². The normalized spacial score (nSPS) is 11.2. The van der Waals surface area contributed by atoms with Gasteiger partial charge in [-0.25, -0.2) is 4.79 Å².